The van der Waals surface area contributed by atoms with Gasteiger partial charge in [-0.2, -0.15) is 0 Å². The van der Waals surface area contributed by atoms with Crippen LogP contribution in [0.25, 0.3) is 0 Å². The van der Waals surface area contributed by atoms with E-state index in [1.807, 2.05) is 17.8 Å². The lowest BCUT2D eigenvalue weighted by Gasteiger charge is -2.26. The van der Waals surface area contributed by atoms with Crippen molar-refractivity contribution >= 4 is 17.4 Å². The van der Waals surface area contributed by atoms with Gasteiger partial charge in [0.25, 0.3) is 0 Å². The molecule has 2 aromatic carbocycles. The Morgan fingerprint density at radius 2 is 1.75 bits per heavy atom. The third-order valence-corrected chi connectivity index (χ3v) is 4.70. The number of anilines is 1. The van der Waals surface area contributed by atoms with Gasteiger partial charge >= 0.3 is 0 Å². The van der Waals surface area contributed by atoms with Gasteiger partial charge in [-0.3, -0.25) is 0 Å². The van der Waals surface area contributed by atoms with Gasteiger partial charge in [-0.05, 0) is 35.9 Å². The second kappa shape index (κ2) is 6.82. The maximum absolute atomic E-state index is 3.67. The molecule has 1 unspecified atom stereocenters. The number of para-hydroxylation sites is 1. The van der Waals surface area contributed by atoms with Crippen LogP contribution < -0.4 is 10.6 Å². The molecule has 104 valence electrons. The van der Waals surface area contributed by atoms with E-state index in [2.05, 4.69) is 59.2 Å². The molecule has 0 radical (unpaired) electrons. The monoisotopic (exact) mass is 284 g/mol. The van der Waals surface area contributed by atoms with Crippen LogP contribution >= 0.6 is 11.8 Å². The Labute approximate surface area is 125 Å². The average Bonchev–Trinajstić information content (AvgIpc) is 2.53. The summed E-state index contributed by atoms with van der Waals surface area (Å²) in [5.74, 6) is 1.21. The van der Waals surface area contributed by atoms with E-state index in [1.54, 1.807) is 0 Å². The number of fused-ring (bicyclic) bond motifs is 1. The first-order chi connectivity index (χ1) is 9.93. The maximum Gasteiger partial charge on any atom is 0.0340 e. The smallest absolute Gasteiger partial charge is 0.0340 e. The third-order valence-electron chi connectivity index (χ3n) is 3.58. The number of hydrogen-bond donors (Lipinski definition) is 2. The minimum Gasteiger partial charge on any atom is -0.384 e. The van der Waals surface area contributed by atoms with Gasteiger partial charge in [0.2, 0.25) is 0 Å². The predicted octanol–water partition coefficient (Wildman–Crippen LogP) is 3.93. The fraction of sp³-hybridized carbons (Fsp3) is 0.294. The topological polar surface area (TPSA) is 24.1 Å². The molecular weight excluding hydrogens is 264 g/mol. The van der Waals surface area contributed by atoms with Crippen LogP contribution in [-0.2, 0) is 0 Å². The summed E-state index contributed by atoms with van der Waals surface area (Å²) < 4.78 is 0. The molecule has 0 amide bonds. The lowest BCUT2D eigenvalue weighted by Crippen LogP contribution is -2.29. The van der Waals surface area contributed by atoms with Crippen molar-refractivity contribution in [1.29, 1.82) is 0 Å². The summed E-state index contributed by atoms with van der Waals surface area (Å²) in [6, 6.07) is 19.6. The quantitative estimate of drug-likeness (QED) is 0.814. The van der Waals surface area contributed by atoms with Gasteiger partial charge in [-0.1, -0.05) is 36.4 Å². The maximum atomic E-state index is 3.67. The number of rotatable bonds is 5. The van der Waals surface area contributed by atoms with Crippen LogP contribution in [0.5, 0.6) is 0 Å². The SMILES string of the molecule is c1ccc(NCCNC2CCSc3ccccc32)cc1. The minimum atomic E-state index is 0.505. The summed E-state index contributed by atoms with van der Waals surface area (Å²) in [5.41, 5.74) is 2.65. The summed E-state index contributed by atoms with van der Waals surface area (Å²) in [7, 11) is 0. The van der Waals surface area contributed by atoms with Gasteiger partial charge in [0.15, 0.2) is 0 Å². The van der Waals surface area contributed by atoms with Crippen LogP contribution in [0, 0.1) is 0 Å². The highest BCUT2D eigenvalue weighted by Gasteiger charge is 2.19. The van der Waals surface area contributed by atoms with E-state index in [9.17, 15) is 0 Å². The minimum absolute atomic E-state index is 0.505. The van der Waals surface area contributed by atoms with Gasteiger partial charge in [0.05, 0.1) is 0 Å². The molecule has 3 heteroatoms. The van der Waals surface area contributed by atoms with Crippen LogP contribution in [0.15, 0.2) is 59.5 Å². The first-order valence-electron chi connectivity index (χ1n) is 7.17. The summed E-state index contributed by atoms with van der Waals surface area (Å²) >= 11 is 1.97. The third kappa shape index (κ3) is 3.35. The van der Waals surface area contributed by atoms with Gasteiger partial charge < -0.3 is 10.6 Å². The lowest BCUT2D eigenvalue weighted by atomic mass is 10.0. The Hall–Kier alpha value is -1.45. The first-order valence-corrected chi connectivity index (χ1v) is 8.16. The van der Waals surface area contributed by atoms with E-state index in [0.717, 1.165) is 13.1 Å². The molecule has 1 aliphatic heterocycles. The molecule has 2 nitrogen and oxygen atoms in total. The summed E-state index contributed by atoms with van der Waals surface area (Å²) in [5, 5.41) is 7.11. The van der Waals surface area contributed by atoms with E-state index in [0.29, 0.717) is 6.04 Å². The highest BCUT2D eigenvalue weighted by molar-refractivity contribution is 7.99. The number of benzene rings is 2. The largest absolute Gasteiger partial charge is 0.384 e. The molecule has 0 fully saturated rings. The second-order valence-electron chi connectivity index (χ2n) is 4.97. The normalized spacial score (nSPS) is 17.5. The van der Waals surface area contributed by atoms with Gasteiger partial charge in [-0.25, -0.2) is 0 Å². The fourth-order valence-electron chi connectivity index (χ4n) is 2.56. The number of thioether (sulfide) groups is 1. The van der Waals surface area contributed by atoms with Crippen molar-refractivity contribution in [2.24, 2.45) is 0 Å². The van der Waals surface area contributed by atoms with E-state index in [1.165, 1.54) is 28.3 Å². The van der Waals surface area contributed by atoms with Gasteiger partial charge in [0.1, 0.15) is 0 Å². The van der Waals surface area contributed by atoms with Crippen molar-refractivity contribution in [2.75, 3.05) is 24.2 Å². The summed E-state index contributed by atoms with van der Waals surface area (Å²) in [6.07, 6.45) is 1.22. The van der Waals surface area contributed by atoms with Gasteiger partial charge in [0, 0.05) is 29.7 Å². The van der Waals surface area contributed by atoms with E-state index in [-0.39, 0.29) is 0 Å². The van der Waals surface area contributed by atoms with Crippen molar-refractivity contribution < 1.29 is 0 Å². The molecule has 0 spiro atoms. The zero-order chi connectivity index (χ0) is 13.6. The molecular formula is C17H20N2S. The first kappa shape index (κ1) is 13.5. The molecule has 0 saturated heterocycles. The Morgan fingerprint density at radius 1 is 0.950 bits per heavy atom. The van der Waals surface area contributed by atoms with Gasteiger partial charge in [-0.15, -0.1) is 11.8 Å². The standard InChI is InChI=1S/C17H20N2S/c1-2-6-14(7-3-1)18-11-12-19-16-10-13-20-17-9-5-4-8-15(16)17/h1-9,16,18-19H,10-13H2. The molecule has 2 N–H and O–H groups in total. The predicted molar refractivity (Wildman–Crippen MR) is 87.5 cm³/mol. The average molecular weight is 284 g/mol. The number of nitrogens with one attached hydrogen (secondary N) is 2. The zero-order valence-electron chi connectivity index (χ0n) is 11.5. The Morgan fingerprint density at radius 3 is 2.65 bits per heavy atom. The van der Waals surface area contributed by atoms with Crippen LogP contribution in [0.3, 0.4) is 0 Å². The number of hydrogen-bond acceptors (Lipinski definition) is 3. The van der Waals surface area contributed by atoms with E-state index in [4.69, 9.17) is 0 Å². The van der Waals surface area contributed by atoms with Crippen molar-refractivity contribution in [1.82, 2.24) is 5.32 Å². The molecule has 1 atom stereocenters. The fourth-order valence-corrected chi connectivity index (χ4v) is 3.69. The molecule has 3 rings (SSSR count). The van der Waals surface area contributed by atoms with E-state index >= 15 is 0 Å². The summed E-state index contributed by atoms with van der Waals surface area (Å²) in [6.45, 7) is 1.94. The Bertz CT molecular complexity index is 542. The molecule has 1 aliphatic rings. The summed E-state index contributed by atoms with van der Waals surface area (Å²) in [4.78, 5) is 1.44. The molecule has 0 aromatic heterocycles. The molecule has 0 bridgehead atoms. The zero-order valence-corrected chi connectivity index (χ0v) is 12.3. The Balaban J connectivity index is 1.50. The molecule has 20 heavy (non-hydrogen) atoms. The van der Waals surface area contributed by atoms with Crippen LogP contribution in [0.2, 0.25) is 0 Å². The van der Waals surface area contributed by atoms with Crippen molar-refractivity contribution in [3.05, 3.63) is 60.2 Å². The molecule has 0 aliphatic carbocycles. The van der Waals surface area contributed by atoms with Crippen LogP contribution in [0.1, 0.15) is 18.0 Å². The van der Waals surface area contributed by atoms with Crippen molar-refractivity contribution in [2.45, 2.75) is 17.4 Å². The molecule has 0 saturated carbocycles. The van der Waals surface area contributed by atoms with E-state index < -0.39 is 0 Å². The lowest BCUT2D eigenvalue weighted by molar-refractivity contribution is 0.521. The van der Waals surface area contributed by atoms with Crippen LogP contribution in [0.4, 0.5) is 5.69 Å². The molecule has 2 aromatic rings. The second-order valence-corrected chi connectivity index (χ2v) is 6.11. The van der Waals surface area contributed by atoms with Crippen molar-refractivity contribution in [3.63, 3.8) is 0 Å². The molecule has 1 heterocycles. The van der Waals surface area contributed by atoms with Crippen molar-refractivity contribution in [3.8, 4) is 0 Å². The highest BCUT2D eigenvalue weighted by Crippen LogP contribution is 2.35. The Kier molecular flexibility index (Phi) is 4.61. The van der Waals surface area contributed by atoms with Crippen LogP contribution in [-0.4, -0.2) is 18.8 Å². The highest BCUT2D eigenvalue weighted by atomic mass is 32.2.